The third-order valence-electron chi connectivity index (χ3n) is 4.93. The molecule has 0 N–H and O–H groups in total. The van der Waals surface area contributed by atoms with E-state index < -0.39 is 11.6 Å². The van der Waals surface area contributed by atoms with Crippen molar-refractivity contribution in [1.82, 2.24) is 4.90 Å². The van der Waals surface area contributed by atoms with E-state index in [1.165, 1.54) is 0 Å². The largest absolute Gasteiger partial charge is 0.436 e. The number of hydrogen-bond acceptors (Lipinski definition) is 3. The van der Waals surface area contributed by atoms with Gasteiger partial charge >= 0.3 is 5.97 Å². The van der Waals surface area contributed by atoms with Gasteiger partial charge in [0.15, 0.2) is 0 Å². The zero-order chi connectivity index (χ0) is 16.6. The fourth-order valence-electron chi connectivity index (χ4n) is 3.84. The van der Waals surface area contributed by atoms with Crippen LogP contribution in [0.4, 0.5) is 0 Å². The Bertz CT molecular complexity index is 759. The molecule has 0 aromatic heterocycles. The summed E-state index contributed by atoms with van der Waals surface area (Å²) >= 11 is 0. The molecule has 4 nitrogen and oxygen atoms in total. The van der Waals surface area contributed by atoms with Crippen LogP contribution in [0.3, 0.4) is 0 Å². The first-order valence-electron chi connectivity index (χ1n) is 8.33. The molecule has 0 saturated carbocycles. The SMILES string of the molecule is O=C1O[C@@](Cc2ccccc2)(N2CCCC2=O)[C@H]1c1ccccc1. The van der Waals surface area contributed by atoms with Crippen LogP contribution in [0.5, 0.6) is 0 Å². The van der Waals surface area contributed by atoms with Crippen LogP contribution in [0.25, 0.3) is 0 Å². The van der Waals surface area contributed by atoms with Crippen LogP contribution in [0.1, 0.15) is 29.9 Å². The lowest BCUT2D eigenvalue weighted by Crippen LogP contribution is -2.67. The summed E-state index contributed by atoms with van der Waals surface area (Å²) in [6.45, 7) is 0.641. The Hall–Kier alpha value is -2.62. The number of ether oxygens (including phenoxy) is 1. The number of carbonyl (C=O) groups excluding carboxylic acids is 2. The topological polar surface area (TPSA) is 46.6 Å². The van der Waals surface area contributed by atoms with Crippen molar-refractivity contribution in [2.24, 2.45) is 0 Å². The highest BCUT2D eigenvalue weighted by Gasteiger charge is 2.62. The van der Waals surface area contributed by atoms with E-state index in [1.54, 1.807) is 4.90 Å². The number of amides is 1. The van der Waals surface area contributed by atoms with E-state index in [9.17, 15) is 9.59 Å². The third-order valence-corrected chi connectivity index (χ3v) is 4.93. The summed E-state index contributed by atoms with van der Waals surface area (Å²) in [5, 5.41) is 0. The molecule has 2 fully saturated rings. The molecule has 0 radical (unpaired) electrons. The van der Waals surface area contributed by atoms with E-state index in [0.29, 0.717) is 19.4 Å². The maximum Gasteiger partial charge on any atom is 0.321 e. The van der Waals surface area contributed by atoms with Gasteiger partial charge in [-0.1, -0.05) is 60.7 Å². The normalized spacial score (nSPS) is 26.2. The van der Waals surface area contributed by atoms with E-state index in [1.807, 2.05) is 60.7 Å². The van der Waals surface area contributed by atoms with Gasteiger partial charge in [0.05, 0.1) is 0 Å². The predicted molar refractivity (Wildman–Crippen MR) is 89.1 cm³/mol. The molecule has 0 unspecified atom stereocenters. The number of esters is 1. The van der Waals surface area contributed by atoms with Crippen molar-refractivity contribution in [2.75, 3.05) is 6.54 Å². The van der Waals surface area contributed by atoms with E-state index in [-0.39, 0.29) is 11.9 Å². The van der Waals surface area contributed by atoms with Crippen LogP contribution in [0.15, 0.2) is 60.7 Å². The molecule has 0 aliphatic carbocycles. The molecule has 2 atom stereocenters. The van der Waals surface area contributed by atoms with Gasteiger partial charge in [-0.15, -0.1) is 0 Å². The first-order valence-corrected chi connectivity index (χ1v) is 8.33. The van der Waals surface area contributed by atoms with Crippen molar-refractivity contribution in [3.8, 4) is 0 Å². The standard InChI is InChI=1S/C20H19NO3/c22-17-12-7-13-21(17)20(14-15-8-3-1-4-9-15)18(19(23)24-20)16-10-5-2-6-11-16/h1-6,8-11,18H,7,12-14H2/t18-,20+/m0/s1. The van der Waals surface area contributed by atoms with Gasteiger partial charge in [-0.2, -0.15) is 0 Å². The first kappa shape index (κ1) is 14.9. The van der Waals surface area contributed by atoms with Gasteiger partial charge < -0.3 is 9.64 Å². The Kier molecular flexibility index (Phi) is 3.60. The second kappa shape index (κ2) is 5.78. The minimum Gasteiger partial charge on any atom is -0.436 e. The number of carbonyl (C=O) groups is 2. The Morgan fingerprint density at radius 3 is 2.25 bits per heavy atom. The molecule has 4 rings (SSSR count). The van der Waals surface area contributed by atoms with Crippen LogP contribution in [-0.2, 0) is 20.7 Å². The summed E-state index contributed by atoms with van der Waals surface area (Å²) in [6, 6.07) is 19.5. The van der Waals surface area contributed by atoms with E-state index in [4.69, 9.17) is 4.74 Å². The predicted octanol–water partition coefficient (Wildman–Crippen LogP) is 2.89. The fourth-order valence-corrected chi connectivity index (χ4v) is 3.84. The first-order chi connectivity index (χ1) is 11.7. The molecule has 2 aliphatic rings. The molecule has 2 heterocycles. The number of hydrogen-bond donors (Lipinski definition) is 0. The minimum atomic E-state index is -0.895. The highest BCUT2D eigenvalue weighted by molar-refractivity contribution is 5.89. The number of benzene rings is 2. The molecule has 0 spiro atoms. The fraction of sp³-hybridized carbons (Fsp3) is 0.300. The van der Waals surface area contributed by atoms with E-state index >= 15 is 0 Å². The molecule has 1 amide bonds. The lowest BCUT2D eigenvalue weighted by atomic mass is 9.78. The summed E-state index contributed by atoms with van der Waals surface area (Å²) in [5.74, 6) is -0.614. The van der Waals surface area contributed by atoms with Gasteiger partial charge in [0.25, 0.3) is 0 Å². The Morgan fingerprint density at radius 1 is 1.00 bits per heavy atom. The zero-order valence-electron chi connectivity index (χ0n) is 13.4. The lowest BCUT2D eigenvalue weighted by Gasteiger charge is -2.52. The molecule has 24 heavy (non-hydrogen) atoms. The van der Waals surface area contributed by atoms with Gasteiger partial charge in [0.2, 0.25) is 11.6 Å². The number of cyclic esters (lactones) is 1. The molecular weight excluding hydrogens is 302 g/mol. The number of likely N-dealkylation sites (tertiary alicyclic amines) is 1. The van der Waals surface area contributed by atoms with Crippen molar-refractivity contribution in [3.63, 3.8) is 0 Å². The second-order valence-corrected chi connectivity index (χ2v) is 6.42. The molecule has 122 valence electrons. The molecule has 2 saturated heterocycles. The van der Waals surface area contributed by atoms with Crippen LogP contribution >= 0.6 is 0 Å². The van der Waals surface area contributed by atoms with Crippen molar-refractivity contribution < 1.29 is 14.3 Å². The summed E-state index contributed by atoms with van der Waals surface area (Å²) in [4.78, 5) is 26.5. The maximum absolute atomic E-state index is 12.4. The smallest absolute Gasteiger partial charge is 0.321 e. The Labute approximate surface area is 141 Å². The van der Waals surface area contributed by atoms with Gasteiger partial charge in [-0.3, -0.25) is 9.59 Å². The highest BCUT2D eigenvalue weighted by atomic mass is 16.6. The number of rotatable bonds is 4. The molecule has 0 bridgehead atoms. The molecule has 2 aromatic rings. The number of nitrogens with zero attached hydrogens (tertiary/aromatic N) is 1. The Morgan fingerprint density at radius 2 is 1.67 bits per heavy atom. The van der Waals surface area contributed by atoms with Crippen molar-refractivity contribution in [2.45, 2.75) is 30.9 Å². The van der Waals surface area contributed by atoms with Crippen LogP contribution in [0, 0.1) is 0 Å². The van der Waals surface area contributed by atoms with E-state index in [2.05, 4.69) is 0 Å². The third kappa shape index (κ3) is 2.30. The Balaban J connectivity index is 1.76. The molecule has 2 aliphatic heterocycles. The lowest BCUT2D eigenvalue weighted by molar-refractivity contribution is -0.236. The van der Waals surface area contributed by atoms with Gasteiger partial charge in [-0.25, -0.2) is 0 Å². The molecular formula is C20H19NO3. The summed E-state index contributed by atoms with van der Waals surface area (Å²) in [6.07, 6.45) is 1.86. The highest BCUT2D eigenvalue weighted by Crippen LogP contribution is 2.48. The van der Waals surface area contributed by atoms with Gasteiger partial charge in [-0.05, 0) is 17.5 Å². The van der Waals surface area contributed by atoms with Crippen molar-refractivity contribution in [1.29, 1.82) is 0 Å². The average Bonchev–Trinajstić information content (AvgIpc) is 3.02. The van der Waals surface area contributed by atoms with Crippen LogP contribution in [-0.4, -0.2) is 29.0 Å². The average molecular weight is 321 g/mol. The zero-order valence-corrected chi connectivity index (χ0v) is 13.4. The summed E-state index contributed by atoms with van der Waals surface area (Å²) in [5.41, 5.74) is 1.07. The van der Waals surface area contributed by atoms with Crippen LogP contribution < -0.4 is 0 Å². The quantitative estimate of drug-likeness (QED) is 0.814. The maximum atomic E-state index is 12.4. The van der Waals surface area contributed by atoms with Crippen molar-refractivity contribution >= 4 is 11.9 Å². The van der Waals surface area contributed by atoms with Crippen molar-refractivity contribution in [3.05, 3.63) is 71.8 Å². The summed E-state index contributed by atoms with van der Waals surface area (Å²) < 4.78 is 5.72. The monoisotopic (exact) mass is 321 g/mol. The minimum absolute atomic E-state index is 0.0689. The van der Waals surface area contributed by atoms with E-state index in [0.717, 1.165) is 17.5 Å². The molecule has 2 aromatic carbocycles. The van der Waals surface area contributed by atoms with Gasteiger partial charge in [0, 0.05) is 19.4 Å². The molecule has 4 heteroatoms. The second-order valence-electron chi connectivity index (χ2n) is 6.42. The van der Waals surface area contributed by atoms with Crippen LogP contribution in [0.2, 0.25) is 0 Å². The summed E-state index contributed by atoms with van der Waals surface area (Å²) in [7, 11) is 0. The van der Waals surface area contributed by atoms with Gasteiger partial charge in [0.1, 0.15) is 5.92 Å².